The van der Waals surface area contributed by atoms with Crippen molar-refractivity contribution in [2.24, 2.45) is 15.9 Å². The molecule has 0 spiro atoms. The van der Waals surface area contributed by atoms with Crippen LogP contribution in [0.5, 0.6) is 0 Å². The first-order chi connectivity index (χ1) is 12.7. The molecule has 0 bridgehead atoms. The van der Waals surface area contributed by atoms with Gasteiger partial charge in [-0.2, -0.15) is 13.1 Å². The number of halogens is 2. The summed E-state index contributed by atoms with van der Waals surface area (Å²) in [5, 5.41) is 15.7. The third-order valence-corrected chi connectivity index (χ3v) is 5.26. The molecule has 11 nitrogen and oxygen atoms in total. The smallest absolute Gasteiger partial charge is 0.274 e. The monoisotopic (exact) mass is 479 g/mol. The van der Waals surface area contributed by atoms with Crippen molar-refractivity contribution in [3.63, 3.8) is 0 Å². The van der Waals surface area contributed by atoms with Gasteiger partial charge in [0.1, 0.15) is 5.82 Å². The van der Waals surface area contributed by atoms with E-state index in [0.717, 1.165) is 0 Å². The van der Waals surface area contributed by atoms with Gasteiger partial charge in [-0.3, -0.25) is 0 Å². The fraction of sp³-hybridized carbons (Fsp3) is 0.357. The number of anilines is 1. The first-order valence-corrected chi connectivity index (χ1v) is 10.2. The Balaban J connectivity index is 0.00000280. The number of amidine groups is 1. The zero-order valence-corrected chi connectivity index (χ0v) is 16.8. The van der Waals surface area contributed by atoms with Gasteiger partial charge in [-0.05, 0) is 63.7 Å². The van der Waals surface area contributed by atoms with E-state index in [1.807, 2.05) is 0 Å². The number of nitrogens with two attached hydrogens (primary N) is 2. The van der Waals surface area contributed by atoms with Crippen LogP contribution < -0.4 is 20.9 Å². The first-order valence-electron chi connectivity index (χ1n) is 7.90. The van der Waals surface area contributed by atoms with Crippen molar-refractivity contribution < 1.29 is 22.9 Å². The molecule has 1 heterocycles. The molecule has 28 heavy (non-hydrogen) atoms. The van der Waals surface area contributed by atoms with Crippen LogP contribution in [-0.2, 0) is 10.2 Å². The van der Waals surface area contributed by atoms with Crippen LogP contribution >= 0.6 is 15.9 Å². The third kappa shape index (κ3) is 5.68. The summed E-state index contributed by atoms with van der Waals surface area (Å²) in [5.41, 5.74) is 6.61. The van der Waals surface area contributed by atoms with Crippen LogP contribution in [0, 0.1) is 5.82 Å². The Bertz CT molecular complexity index is 968. The van der Waals surface area contributed by atoms with Crippen LogP contribution in [0.4, 0.5) is 15.9 Å². The van der Waals surface area contributed by atoms with Gasteiger partial charge in [0.2, 0.25) is 5.82 Å². The molecule has 3 rings (SSSR count). The Labute approximate surface area is 168 Å². The zero-order valence-electron chi connectivity index (χ0n) is 14.4. The van der Waals surface area contributed by atoms with Gasteiger partial charge in [-0.1, -0.05) is 0 Å². The average Bonchev–Trinajstić information content (AvgIpc) is 3.19. The summed E-state index contributed by atoms with van der Waals surface area (Å²) in [5.74, 6) is -0.0879. The first kappa shape index (κ1) is 22.2. The molecule has 14 heteroatoms. The van der Waals surface area contributed by atoms with Crippen molar-refractivity contribution in [2.75, 3.05) is 5.32 Å². The minimum atomic E-state index is -3.75. The standard InChI is InChI=1S/C14H17BrFN7O3S.H2O/c15-10-6-8(3-4-11(10)16)19-13(17)12-14(22-26-21-12)20-7-1-2-9(5-7)23-27(18,24)25;/h3-4,6-7,9,23H,1-2,5H2,(H2,17,19)(H,20,22)(H2,18,24,25);1H2. The van der Waals surface area contributed by atoms with E-state index < -0.39 is 16.0 Å². The zero-order chi connectivity index (χ0) is 19.6. The van der Waals surface area contributed by atoms with Gasteiger partial charge in [-0.25, -0.2) is 19.2 Å². The van der Waals surface area contributed by atoms with Crippen LogP contribution in [0.3, 0.4) is 0 Å². The quantitative estimate of drug-likeness (QED) is 0.337. The SMILES string of the molecule is NC(=Nc1ccc(F)c(Br)c1)c1nonc1NC1CCC(NS(N)(=O)=O)C1.O. The second-order valence-corrected chi connectivity index (χ2v) is 8.25. The molecule has 0 aliphatic heterocycles. The molecule has 2 unspecified atom stereocenters. The fourth-order valence-electron chi connectivity index (χ4n) is 2.84. The molecular formula is C14H19BrFN7O4S. The number of aliphatic imine (C=N–C) groups is 1. The third-order valence-electron chi connectivity index (χ3n) is 3.99. The number of nitrogens with one attached hydrogen (secondary N) is 2. The van der Waals surface area contributed by atoms with Gasteiger partial charge < -0.3 is 16.5 Å². The predicted octanol–water partition coefficient (Wildman–Crippen LogP) is 0.310. The van der Waals surface area contributed by atoms with Crippen LogP contribution in [0.15, 0.2) is 32.3 Å². The molecular weight excluding hydrogens is 461 g/mol. The van der Waals surface area contributed by atoms with Gasteiger partial charge in [0.25, 0.3) is 10.2 Å². The maximum Gasteiger partial charge on any atom is 0.274 e. The van der Waals surface area contributed by atoms with Gasteiger partial charge >= 0.3 is 0 Å². The topological polar surface area (TPSA) is 193 Å². The number of aromatic nitrogens is 2. The number of hydrogen-bond donors (Lipinski definition) is 4. The van der Waals surface area contributed by atoms with Crippen molar-refractivity contribution >= 4 is 43.5 Å². The molecule has 1 aliphatic carbocycles. The summed E-state index contributed by atoms with van der Waals surface area (Å²) in [7, 11) is -3.75. The van der Waals surface area contributed by atoms with E-state index in [9.17, 15) is 12.8 Å². The van der Waals surface area contributed by atoms with E-state index in [4.69, 9.17) is 15.5 Å². The summed E-state index contributed by atoms with van der Waals surface area (Å²) >= 11 is 3.08. The lowest BCUT2D eigenvalue weighted by atomic mass is 10.2. The van der Waals surface area contributed by atoms with E-state index >= 15 is 0 Å². The van der Waals surface area contributed by atoms with Crippen molar-refractivity contribution in [3.05, 3.63) is 34.2 Å². The largest absolute Gasteiger partial charge is 0.412 e. The Morgan fingerprint density at radius 2 is 2.04 bits per heavy atom. The van der Waals surface area contributed by atoms with Crippen molar-refractivity contribution in [3.8, 4) is 0 Å². The molecule has 0 saturated heterocycles. The van der Waals surface area contributed by atoms with Gasteiger partial charge in [0, 0.05) is 12.1 Å². The molecule has 1 aromatic carbocycles. The minimum absolute atomic E-state index is 0. The van der Waals surface area contributed by atoms with Gasteiger partial charge in [0.15, 0.2) is 11.5 Å². The highest BCUT2D eigenvalue weighted by Crippen LogP contribution is 2.25. The highest BCUT2D eigenvalue weighted by molar-refractivity contribution is 9.10. The summed E-state index contributed by atoms with van der Waals surface area (Å²) < 4.78 is 42.9. The molecule has 0 amide bonds. The van der Waals surface area contributed by atoms with Crippen LogP contribution in [0.2, 0.25) is 0 Å². The number of benzene rings is 1. The molecule has 154 valence electrons. The summed E-state index contributed by atoms with van der Waals surface area (Å²) in [4.78, 5) is 4.19. The fourth-order valence-corrected chi connectivity index (χ4v) is 3.89. The second-order valence-electron chi connectivity index (χ2n) is 6.07. The molecule has 2 aromatic rings. The van der Waals surface area contributed by atoms with Crippen molar-refractivity contribution in [2.45, 2.75) is 31.3 Å². The Hall–Kier alpha value is -2.13. The Morgan fingerprint density at radius 1 is 1.32 bits per heavy atom. The van der Waals surface area contributed by atoms with Gasteiger partial charge in [0.05, 0.1) is 10.2 Å². The predicted molar refractivity (Wildman–Crippen MR) is 104 cm³/mol. The molecule has 1 aliphatic rings. The van der Waals surface area contributed by atoms with Crippen LogP contribution in [-0.4, -0.2) is 42.1 Å². The van der Waals surface area contributed by atoms with E-state index in [-0.39, 0.29) is 33.6 Å². The number of hydrogen-bond acceptors (Lipinski definition) is 7. The normalized spacial score (nSPS) is 20.0. The highest BCUT2D eigenvalue weighted by Gasteiger charge is 2.28. The van der Waals surface area contributed by atoms with Crippen LogP contribution in [0.25, 0.3) is 0 Å². The lowest BCUT2D eigenvalue weighted by Crippen LogP contribution is -2.38. The van der Waals surface area contributed by atoms with E-state index in [0.29, 0.717) is 30.8 Å². The highest BCUT2D eigenvalue weighted by atomic mass is 79.9. The molecule has 1 aromatic heterocycles. The van der Waals surface area contributed by atoms with Crippen molar-refractivity contribution in [1.29, 1.82) is 0 Å². The lowest BCUT2D eigenvalue weighted by Gasteiger charge is -2.13. The summed E-state index contributed by atoms with van der Waals surface area (Å²) in [6, 6.07) is 3.87. The Kier molecular flexibility index (Phi) is 7.06. The maximum atomic E-state index is 13.3. The second kappa shape index (κ2) is 8.91. The van der Waals surface area contributed by atoms with E-state index in [1.54, 1.807) is 0 Å². The molecule has 1 fully saturated rings. The molecule has 0 radical (unpaired) electrons. The minimum Gasteiger partial charge on any atom is -0.412 e. The average molecular weight is 480 g/mol. The maximum absolute atomic E-state index is 13.3. The molecule has 1 saturated carbocycles. The molecule has 8 N–H and O–H groups in total. The van der Waals surface area contributed by atoms with Crippen LogP contribution in [0.1, 0.15) is 25.0 Å². The summed E-state index contributed by atoms with van der Waals surface area (Å²) in [6.07, 6.45) is 1.84. The number of rotatable bonds is 6. The summed E-state index contributed by atoms with van der Waals surface area (Å²) in [6.45, 7) is 0. The molecule has 2 atom stereocenters. The van der Waals surface area contributed by atoms with E-state index in [1.165, 1.54) is 18.2 Å². The lowest BCUT2D eigenvalue weighted by molar-refractivity contribution is 0.307. The van der Waals surface area contributed by atoms with Crippen molar-refractivity contribution in [1.82, 2.24) is 15.0 Å². The van der Waals surface area contributed by atoms with Gasteiger partial charge in [-0.15, -0.1) is 0 Å². The Morgan fingerprint density at radius 3 is 2.71 bits per heavy atom. The van der Waals surface area contributed by atoms with E-state index in [2.05, 4.69) is 41.3 Å². The number of nitrogens with zero attached hydrogens (tertiary/aromatic N) is 3.